The van der Waals surface area contributed by atoms with Crippen LogP contribution in [0, 0.1) is 13.8 Å². The maximum absolute atomic E-state index is 10.1. The second kappa shape index (κ2) is 5.17. The first-order valence-electron chi connectivity index (χ1n) is 7.21. The van der Waals surface area contributed by atoms with Crippen molar-refractivity contribution in [1.29, 1.82) is 0 Å². The lowest BCUT2D eigenvalue weighted by Crippen LogP contribution is -1.78. The van der Waals surface area contributed by atoms with Gasteiger partial charge in [-0.2, -0.15) is 0 Å². The molecule has 0 aliphatic carbocycles. The highest BCUT2D eigenvalue weighted by Crippen LogP contribution is 2.38. The Hall–Kier alpha value is -2.73. The molecule has 0 amide bonds. The maximum Gasteiger partial charge on any atom is 0.231 e. The first kappa shape index (κ1) is 13.9. The number of benzene rings is 2. The fraction of sp³-hybridized carbons (Fsp3) is 0.118. The summed E-state index contributed by atoms with van der Waals surface area (Å²) in [5.74, 6) is 0.0264. The van der Waals surface area contributed by atoms with E-state index in [0.29, 0.717) is 10.8 Å². The van der Waals surface area contributed by atoms with E-state index in [1.807, 2.05) is 44.2 Å². The van der Waals surface area contributed by atoms with Gasteiger partial charge in [0.15, 0.2) is 5.69 Å². The SMILES string of the molecule is Cc1cc(C)c2[nH]c(O)c(N=Nc3nc4ccccc4s3)c2c1. The second-order valence-electron chi connectivity index (χ2n) is 5.49. The Bertz CT molecular complexity index is 1030. The molecule has 5 nitrogen and oxygen atoms in total. The van der Waals surface area contributed by atoms with E-state index in [1.54, 1.807) is 0 Å². The molecule has 0 saturated carbocycles. The fourth-order valence-corrected chi connectivity index (χ4v) is 3.51. The molecule has 4 rings (SSSR count). The predicted molar refractivity (Wildman–Crippen MR) is 93.2 cm³/mol. The van der Waals surface area contributed by atoms with Gasteiger partial charge < -0.3 is 10.1 Å². The van der Waals surface area contributed by atoms with Crippen LogP contribution in [0.2, 0.25) is 0 Å². The van der Waals surface area contributed by atoms with Crippen LogP contribution in [0.4, 0.5) is 10.8 Å². The van der Waals surface area contributed by atoms with Gasteiger partial charge >= 0.3 is 0 Å². The van der Waals surface area contributed by atoms with E-state index in [2.05, 4.69) is 26.3 Å². The topological polar surface area (TPSA) is 73.6 Å². The number of fused-ring (bicyclic) bond motifs is 2. The number of para-hydroxylation sites is 1. The Morgan fingerprint density at radius 2 is 1.96 bits per heavy atom. The van der Waals surface area contributed by atoms with Gasteiger partial charge in [0, 0.05) is 5.39 Å². The van der Waals surface area contributed by atoms with Crippen LogP contribution in [-0.4, -0.2) is 15.1 Å². The summed E-state index contributed by atoms with van der Waals surface area (Å²) < 4.78 is 1.07. The molecule has 0 atom stereocenters. The molecule has 0 spiro atoms. The van der Waals surface area contributed by atoms with Crippen molar-refractivity contribution >= 4 is 43.3 Å². The van der Waals surface area contributed by atoms with Crippen LogP contribution < -0.4 is 0 Å². The molecule has 2 aromatic carbocycles. The zero-order valence-electron chi connectivity index (χ0n) is 12.7. The van der Waals surface area contributed by atoms with Gasteiger partial charge in [0.1, 0.15) is 0 Å². The molecule has 2 heterocycles. The number of aromatic hydroxyl groups is 1. The standard InChI is InChI=1S/C17H14N4OS/c1-9-7-10(2)14-11(8-9)15(16(22)19-14)20-21-17-18-12-5-3-4-6-13(12)23-17/h3-8,19,22H,1-2H3. The van der Waals surface area contributed by atoms with Gasteiger partial charge in [0.2, 0.25) is 11.0 Å². The minimum atomic E-state index is 0.0264. The average molecular weight is 322 g/mol. The number of thiazole rings is 1. The van der Waals surface area contributed by atoms with E-state index in [1.165, 1.54) is 11.3 Å². The first-order chi connectivity index (χ1) is 11.1. The average Bonchev–Trinajstić information content (AvgIpc) is 3.06. The van der Waals surface area contributed by atoms with Crippen molar-refractivity contribution in [3.63, 3.8) is 0 Å². The van der Waals surface area contributed by atoms with Gasteiger partial charge in [-0.25, -0.2) is 4.98 Å². The molecule has 0 radical (unpaired) electrons. The van der Waals surface area contributed by atoms with E-state index in [4.69, 9.17) is 0 Å². The van der Waals surface area contributed by atoms with E-state index in [9.17, 15) is 5.11 Å². The van der Waals surface area contributed by atoms with Crippen molar-refractivity contribution in [2.45, 2.75) is 13.8 Å². The molecular formula is C17H14N4OS. The molecule has 2 N–H and O–H groups in total. The number of hydrogen-bond acceptors (Lipinski definition) is 5. The smallest absolute Gasteiger partial charge is 0.231 e. The monoisotopic (exact) mass is 322 g/mol. The maximum atomic E-state index is 10.1. The molecule has 0 bridgehead atoms. The molecule has 0 unspecified atom stereocenters. The highest BCUT2D eigenvalue weighted by molar-refractivity contribution is 7.21. The van der Waals surface area contributed by atoms with Crippen molar-refractivity contribution < 1.29 is 5.11 Å². The van der Waals surface area contributed by atoms with Crippen molar-refractivity contribution in [1.82, 2.24) is 9.97 Å². The molecule has 4 aromatic rings. The minimum absolute atomic E-state index is 0.0264. The number of aryl methyl sites for hydroxylation is 2. The van der Waals surface area contributed by atoms with E-state index in [0.717, 1.165) is 32.2 Å². The summed E-state index contributed by atoms with van der Waals surface area (Å²) in [6.07, 6.45) is 0. The fourth-order valence-electron chi connectivity index (χ4n) is 2.72. The number of azo groups is 1. The minimum Gasteiger partial charge on any atom is -0.493 e. The zero-order valence-corrected chi connectivity index (χ0v) is 13.5. The Labute approximate surface area is 136 Å². The van der Waals surface area contributed by atoms with Gasteiger partial charge in [-0.05, 0) is 37.6 Å². The lowest BCUT2D eigenvalue weighted by molar-refractivity contribution is 0.459. The molecule has 0 aliphatic rings. The van der Waals surface area contributed by atoms with E-state index < -0.39 is 0 Å². The van der Waals surface area contributed by atoms with Gasteiger partial charge in [-0.1, -0.05) is 35.1 Å². The van der Waals surface area contributed by atoms with Gasteiger partial charge in [0.05, 0.1) is 15.7 Å². The molecule has 2 aromatic heterocycles. The molecule has 23 heavy (non-hydrogen) atoms. The van der Waals surface area contributed by atoms with Crippen LogP contribution in [0.25, 0.3) is 21.1 Å². The van der Waals surface area contributed by atoms with Crippen molar-refractivity contribution in [3.05, 3.63) is 47.5 Å². The van der Waals surface area contributed by atoms with Crippen LogP contribution >= 0.6 is 11.3 Å². The summed E-state index contributed by atoms with van der Waals surface area (Å²) in [6, 6.07) is 11.9. The molecular weight excluding hydrogens is 308 g/mol. The van der Waals surface area contributed by atoms with E-state index in [-0.39, 0.29) is 5.88 Å². The van der Waals surface area contributed by atoms with Crippen LogP contribution in [0.1, 0.15) is 11.1 Å². The molecule has 114 valence electrons. The number of aromatic amines is 1. The number of nitrogens with one attached hydrogen (secondary N) is 1. The summed E-state index contributed by atoms with van der Waals surface area (Å²) in [5, 5.41) is 20.0. The highest BCUT2D eigenvalue weighted by Gasteiger charge is 2.13. The molecule has 0 fully saturated rings. The van der Waals surface area contributed by atoms with E-state index >= 15 is 0 Å². The van der Waals surface area contributed by atoms with Crippen LogP contribution in [0.15, 0.2) is 46.6 Å². The normalized spacial score (nSPS) is 11.9. The van der Waals surface area contributed by atoms with Crippen molar-refractivity contribution in [2.75, 3.05) is 0 Å². The summed E-state index contributed by atoms with van der Waals surface area (Å²) in [4.78, 5) is 7.39. The number of aromatic nitrogens is 2. The summed E-state index contributed by atoms with van der Waals surface area (Å²) in [6.45, 7) is 4.02. The molecule has 0 saturated heterocycles. The molecule has 6 heteroatoms. The zero-order chi connectivity index (χ0) is 16.0. The number of H-pyrrole nitrogens is 1. The highest BCUT2D eigenvalue weighted by atomic mass is 32.1. The van der Waals surface area contributed by atoms with Gasteiger partial charge in [0.25, 0.3) is 0 Å². The third-order valence-corrected chi connectivity index (χ3v) is 4.64. The summed E-state index contributed by atoms with van der Waals surface area (Å²) >= 11 is 1.47. The van der Waals surface area contributed by atoms with Crippen molar-refractivity contribution in [2.24, 2.45) is 10.2 Å². The Balaban J connectivity index is 1.81. The number of hydrogen-bond donors (Lipinski definition) is 2. The van der Waals surface area contributed by atoms with Crippen LogP contribution in [0.3, 0.4) is 0 Å². The quantitative estimate of drug-likeness (QED) is 0.477. The number of nitrogens with zero attached hydrogens (tertiary/aromatic N) is 3. The second-order valence-corrected chi connectivity index (χ2v) is 6.50. The number of rotatable bonds is 2. The largest absolute Gasteiger partial charge is 0.493 e. The molecule has 0 aliphatic heterocycles. The van der Waals surface area contributed by atoms with Crippen LogP contribution in [-0.2, 0) is 0 Å². The van der Waals surface area contributed by atoms with Gasteiger partial charge in [-0.15, -0.1) is 10.2 Å². The third kappa shape index (κ3) is 2.37. The third-order valence-electron chi connectivity index (χ3n) is 3.72. The lowest BCUT2D eigenvalue weighted by Gasteiger charge is -1.98. The first-order valence-corrected chi connectivity index (χ1v) is 8.02. The predicted octanol–water partition coefficient (Wildman–Crippen LogP) is 5.52. The van der Waals surface area contributed by atoms with Crippen molar-refractivity contribution in [3.8, 4) is 5.88 Å². The summed E-state index contributed by atoms with van der Waals surface area (Å²) in [7, 11) is 0. The van der Waals surface area contributed by atoms with Crippen LogP contribution in [0.5, 0.6) is 5.88 Å². The Morgan fingerprint density at radius 3 is 2.78 bits per heavy atom. The summed E-state index contributed by atoms with van der Waals surface area (Å²) in [5.41, 5.74) is 4.42. The van der Waals surface area contributed by atoms with Gasteiger partial charge in [-0.3, -0.25) is 0 Å². The Kier molecular flexibility index (Phi) is 3.12. The Morgan fingerprint density at radius 1 is 1.13 bits per heavy atom. The lowest BCUT2D eigenvalue weighted by atomic mass is 10.1.